The maximum Gasteiger partial charge on any atom is 0.352 e. The summed E-state index contributed by atoms with van der Waals surface area (Å²) in [5.41, 5.74) is 6.12. The van der Waals surface area contributed by atoms with Crippen LogP contribution in [0.2, 0.25) is 0 Å². The molecule has 0 amide bonds. The number of aliphatic hydroxyl groups excluding tert-OH is 1. The van der Waals surface area contributed by atoms with Crippen LogP contribution in [0.25, 0.3) is 0 Å². The van der Waals surface area contributed by atoms with Gasteiger partial charge < -0.3 is 34.6 Å². The van der Waals surface area contributed by atoms with Crippen LogP contribution >= 0.6 is 0 Å². The first-order valence-electron chi connectivity index (χ1n) is 10.4. The van der Waals surface area contributed by atoms with Gasteiger partial charge in [0.1, 0.15) is 0 Å². The predicted octanol–water partition coefficient (Wildman–Crippen LogP) is 0.589. The second kappa shape index (κ2) is 8.70. The molecule has 2 aliphatic rings. The van der Waals surface area contributed by atoms with E-state index in [4.69, 9.17) is 19.9 Å². The van der Waals surface area contributed by atoms with E-state index in [2.05, 4.69) is 4.90 Å². The van der Waals surface area contributed by atoms with Crippen LogP contribution in [0.4, 0.5) is 0 Å². The first-order chi connectivity index (χ1) is 14.5. The normalized spacial score (nSPS) is 26.7. The molecule has 1 aromatic carbocycles. The third kappa shape index (κ3) is 4.12. The van der Waals surface area contributed by atoms with Crippen LogP contribution in [-0.2, 0) is 16.0 Å². The van der Waals surface area contributed by atoms with Crippen molar-refractivity contribution in [3.63, 3.8) is 0 Å². The number of aromatic hydroxyl groups is 2. The van der Waals surface area contributed by atoms with Crippen molar-refractivity contribution in [2.24, 2.45) is 17.6 Å². The molecule has 174 valence electrons. The molecule has 1 saturated heterocycles. The molecule has 6 N–H and O–H groups in total. The van der Waals surface area contributed by atoms with Crippen molar-refractivity contribution < 1.29 is 39.4 Å². The van der Waals surface area contributed by atoms with Gasteiger partial charge in [0.15, 0.2) is 11.5 Å². The zero-order valence-corrected chi connectivity index (χ0v) is 18.3. The van der Waals surface area contributed by atoms with Crippen LogP contribution < -0.4 is 15.2 Å². The number of nitrogens with two attached hydrogens (primary N) is 1. The van der Waals surface area contributed by atoms with Crippen LogP contribution in [0.1, 0.15) is 43.9 Å². The number of fused-ring (bicyclic) bond motifs is 3. The Morgan fingerprint density at radius 3 is 2.39 bits per heavy atom. The Morgan fingerprint density at radius 1 is 1.23 bits per heavy atom. The number of hydrogen-bond donors (Lipinski definition) is 5. The van der Waals surface area contributed by atoms with Crippen LogP contribution in [-0.4, -0.2) is 70.6 Å². The molecule has 4 atom stereocenters. The molecule has 0 aromatic heterocycles. The largest absolute Gasteiger partial charge is 0.504 e. The second-order valence-corrected chi connectivity index (χ2v) is 8.66. The van der Waals surface area contributed by atoms with Gasteiger partial charge in [0, 0.05) is 42.6 Å². The Bertz CT molecular complexity index is 843. The fraction of sp³-hybridized carbons (Fsp3) is 0.667. The topological polar surface area (TPSA) is 155 Å². The third-order valence-corrected chi connectivity index (χ3v) is 6.19. The van der Waals surface area contributed by atoms with Gasteiger partial charge in [-0.25, -0.2) is 4.79 Å². The highest BCUT2D eigenvalue weighted by Crippen LogP contribution is 2.56. The number of methoxy groups -OCH3 is 2. The molecule has 31 heavy (non-hydrogen) atoms. The molecule has 0 radical (unpaired) electrons. The Kier molecular flexibility index (Phi) is 6.56. The van der Waals surface area contributed by atoms with E-state index >= 15 is 0 Å². The fourth-order valence-electron chi connectivity index (χ4n) is 4.84. The lowest BCUT2D eigenvalue weighted by Crippen LogP contribution is -2.58. The minimum atomic E-state index is -1.91. The van der Waals surface area contributed by atoms with Crippen molar-refractivity contribution in [1.29, 1.82) is 0 Å². The summed E-state index contributed by atoms with van der Waals surface area (Å²) < 4.78 is 15.8. The number of phenols is 2. The number of carbonyl (C=O) groups is 1. The first-order valence-corrected chi connectivity index (χ1v) is 10.4. The predicted molar refractivity (Wildman–Crippen MR) is 110 cm³/mol. The third-order valence-electron chi connectivity index (χ3n) is 6.19. The smallest absolute Gasteiger partial charge is 0.352 e. The standard InChI is InChI=1S/C21H32N2O8/c1-10(2)7-11-9-23-6-5-12-14(16(25)18(30-4)17(29-3)15(12)24)13(23)8-21(11,28)31-20(27)19(22)26/h10-11,13,19,24-26,28H,5-9,22H2,1-4H3. The highest BCUT2D eigenvalue weighted by Gasteiger charge is 2.52. The summed E-state index contributed by atoms with van der Waals surface area (Å²) in [6.45, 7) is 4.96. The van der Waals surface area contributed by atoms with Gasteiger partial charge in [-0.1, -0.05) is 13.8 Å². The Labute approximate surface area is 181 Å². The molecular weight excluding hydrogens is 408 g/mol. The zero-order chi connectivity index (χ0) is 23.1. The summed E-state index contributed by atoms with van der Waals surface area (Å²) >= 11 is 0. The minimum Gasteiger partial charge on any atom is -0.504 e. The van der Waals surface area contributed by atoms with Crippen LogP contribution in [0.15, 0.2) is 0 Å². The van der Waals surface area contributed by atoms with Crippen molar-refractivity contribution in [3.05, 3.63) is 11.1 Å². The SMILES string of the molecule is COc1c(O)c2c(c(O)c1OC)C1CC(O)(OC(=O)C(N)O)C(CC(C)C)CN1CC2. The van der Waals surface area contributed by atoms with E-state index < -0.39 is 29.9 Å². The number of benzene rings is 1. The summed E-state index contributed by atoms with van der Waals surface area (Å²) in [5, 5.41) is 42.5. The number of rotatable bonds is 6. The summed E-state index contributed by atoms with van der Waals surface area (Å²) in [6.07, 6.45) is -0.913. The van der Waals surface area contributed by atoms with Crippen molar-refractivity contribution >= 4 is 5.97 Å². The molecule has 10 heteroatoms. The fourth-order valence-corrected chi connectivity index (χ4v) is 4.84. The second-order valence-electron chi connectivity index (χ2n) is 8.66. The summed E-state index contributed by atoms with van der Waals surface area (Å²) in [7, 11) is 2.72. The molecule has 4 unspecified atom stereocenters. The summed E-state index contributed by atoms with van der Waals surface area (Å²) in [4.78, 5) is 14.1. The maximum atomic E-state index is 12.1. The Hall–Kier alpha value is -2.27. The summed E-state index contributed by atoms with van der Waals surface area (Å²) in [5.74, 6) is -3.55. The van der Waals surface area contributed by atoms with Gasteiger partial charge in [0.25, 0.3) is 0 Å². The quantitative estimate of drug-likeness (QED) is 0.241. The number of aliphatic hydroxyl groups is 2. The van der Waals surface area contributed by atoms with E-state index in [0.717, 1.165) is 0 Å². The van der Waals surface area contributed by atoms with E-state index in [1.165, 1.54) is 14.2 Å². The lowest BCUT2D eigenvalue weighted by Gasteiger charge is -2.50. The van der Waals surface area contributed by atoms with E-state index in [1.54, 1.807) is 0 Å². The molecule has 2 heterocycles. The van der Waals surface area contributed by atoms with Crippen molar-refractivity contribution in [1.82, 2.24) is 4.90 Å². The van der Waals surface area contributed by atoms with Crippen molar-refractivity contribution in [2.75, 3.05) is 27.3 Å². The van der Waals surface area contributed by atoms with Crippen molar-refractivity contribution in [2.45, 2.75) is 51.2 Å². The molecule has 0 aliphatic carbocycles. The number of piperidine rings is 1. The van der Waals surface area contributed by atoms with Crippen molar-refractivity contribution in [3.8, 4) is 23.0 Å². The number of nitrogens with zero attached hydrogens (tertiary/aromatic N) is 1. The minimum absolute atomic E-state index is 0.0113. The maximum absolute atomic E-state index is 12.1. The Balaban J connectivity index is 2.08. The van der Waals surface area contributed by atoms with Gasteiger partial charge in [0.05, 0.1) is 14.2 Å². The van der Waals surface area contributed by atoms with Gasteiger partial charge in [0.2, 0.25) is 23.5 Å². The molecule has 1 aromatic rings. The number of carbonyl (C=O) groups excluding carboxylic acids is 1. The van der Waals surface area contributed by atoms with Crippen LogP contribution in [0, 0.1) is 11.8 Å². The van der Waals surface area contributed by atoms with E-state index in [-0.39, 0.29) is 35.3 Å². The van der Waals surface area contributed by atoms with E-state index in [9.17, 15) is 25.2 Å². The average Bonchev–Trinajstić information content (AvgIpc) is 2.69. The highest BCUT2D eigenvalue weighted by atomic mass is 16.7. The number of phenolic OH excluding ortho intramolecular Hbond substituents is 2. The van der Waals surface area contributed by atoms with E-state index in [1.807, 2.05) is 13.8 Å². The molecule has 0 bridgehead atoms. The molecule has 3 rings (SSSR count). The van der Waals surface area contributed by atoms with Gasteiger partial charge in [-0.15, -0.1) is 0 Å². The van der Waals surface area contributed by atoms with Gasteiger partial charge in [-0.3, -0.25) is 10.6 Å². The molecule has 0 saturated carbocycles. The summed E-state index contributed by atoms with van der Waals surface area (Å²) in [6, 6.07) is -0.564. The molecule has 2 aliphatic heterocycles. The number of hydrogen-bond acceptors (Lipinski definition) is 10. The zero-order valence-electron chi connectivity index (χ0n) is 18.3. The first kappa shape index (κ1) is 23.4. The molecule has 1 fully saturated rings. The van der Waals surface area contributed by atoms with Gasteiger partial charge >= 0.3 is 5.97 Å². The number of esters is 1. The highest BCUT2D eigenvalue weighted by molar-refractivity contribution is 5.74. The Morgan fingerprint density at radius 2 is 1.84 bits per heavy atom. The number of ether oxygens (including phenoxy) is 3. The van der Waals surface area contributed by atoms with E-state index in [0.29, 0.717) is 37.1 Å². The van der Waals surface area contributed by atoms with Crippen LogP contribution in [0.3, 0.4) is 0 Å². The molecular formula is C21H32N2O8. The molecule has 0 spiro atoms. The lowest BCUT2D eigenvalue weighted by atomic mass is 9.76. The van der Waals surface area contributed by atoms with Gasteiger partial charge in [-0.2, -0.15) is 0 Å². The van der Waals surface area contributed by atoms with Crippen LogP contribution in [0.5, 0.6) is 23.0 Å². The monoisotopic (exact) mass is 440 g/mol. The average molecular weight is 440 g/mol. The molecule has 10 nitrogen and oxygen atoms in total. The van der Waals surface area contributed by atoms with Gasteiger partial charge in [-0.05, 0) is 18.8 Å². The lowest BCUT2D eigenvalue weighted by molar-refractivity contribution is -0.264.